The molecule has 0 aromatic carbocycles. The van der Waals surface area contributed by atoms with Gasteiger partial charge in [0.1, 0.15) is 0 Å². The van der Waals surface area contributed by atoms with Crippen LogP contribution in [0.25, 0.3) is 0 Å². The van der Waals surface area contributed by atoms with Gasteiger partial charge in [-0.2, -0.15) is 17.0 Å². The van der Waals surface area contributed by atoms with Crippen LogP contribution in [0.15, 0.2) is 24.5 Å². The zero-order valence-electron chi connectivity index (χ0n) is 16.6. The zero-order valence-corrected chi connectivity index (χ0v) is 17.4. The smallest absolute Gasteiger partial charge is 0.282 e. The minimum absolute atomic E-state index is 0.206. The number of piperazine rings is 1. The summed E-state index contributed by atoms with van der Waals surface area (Å²) >= 11 is 0. The quantitative estimate of drug-likeness (QED) is 0.713. The van der Waals surface area contributed by atoms with Crippen molar-refractivity contribution in [1.29, 1.82) is 0 Å². The summed E-state index contributed by atoms with van der Waals surface area (Å²) in [6, 6.07) is 3.62. The van der Waals surface area contributed by atoms with Crippen molar-refractivity contribution in [3.63, 3.8) is 0 Å². The summed E-state index contributed by atoms with van der Waals surface area (Å²) in [5.41, 5.74) is 0.941. The van der Waals surface area contributed by atoms with Crippen LogP contribution in [0.4, 0.5) is 0 Å². The third kappa shape index (κ3) is 5.74. The second-order valence-electron chi connectivity index (χ2n) is 7.89. The standard InChI is InChI=1S/C19H34N4O2S/c1-16(2)7-11-22(12-8-17(3)4)26(24,25)23-13-10-21-15-19(23)18-6-5-9-20-14-18/h5-6,9,14,16-17,19,21H,7-8,10-13,15H2,1-4H3. The molecule has 1 atom stereocenters. The van der Waals surface area contributed by atoms with Crippen LogP contribution in [0.5, 0.6) is 0 Å². The van der Waals surface area contributed by atoms with E-state index in [1.54, 1.807) is 21.0 Å². The van der Waals surface area contributed by atoms with Gasteiger partial charge in [-0.05, 0) is 36.3 Å². The highest BCUT2D eigenvalue weighted by Gasteiger charge is 2.37. The molecule has 7 heteroatoms. The van der Waals surface area contributed by atoms with E-state index < -0.39 is 10.2 Å². The summed E-state index contributed by atoms with van der Waals surface area (Å²) in [6.07, 6.45) is 5.24. The predicted molar refractivity (Wildman–Crippen MR) is 106 cm³/mol. The van der Waals surface area contributed by atoms with Crippen LogP contribution in [0.1, 0.15) is 52.1 Å². The van der Waals surface area contributed by atoms with Crippen molar-refractivity contribution in [3.8, 4) is 0 Å². The number of aromatic nitrogens is 1. The molecule has 1 aliphatic rings. The second kappa shape index (κ2) is 9.78. The minimum Gasteiger partial charge on any atom is -0.313 e. The van der Waals surface area contributed by atoms with Crippen LogP contribution in [0.3, 0.4) is 0 Å². The molecule has 0 bridgehead atoms. The van der Waals surface area contributed by atoms with E-state index in [9.17, 15) is 8.42 Å². The average Bonchev–Trinajstić information content (AvgIpc) is 2.61. The molecular weight excluding hydrogens is 348 g/mol. The predicted octanol–water partition coefficient (Wildman–Crippen LogP) is 2.67. The molecule has 1 aromatic heterocycles. The average molecular weight is 383 g/mol. The molecule has 1 N–H and O–H groups in total. The highest BCUT2D eigenvalue weighted by Crippen LogP contribution is 2.27. The number of hydrogen-bond acceptors (Lipinski definition) is 4. The van der Waals surface area contributed by atoms with Gasteiger partial charge in [0, 0.05) is 45.1 Å². The summed E-state index contributed by atoms with van der Waals surface area (Å²) in [5, 5.41) is 3.32. The molecule has 1 fully saturated rings. The molecule has 148 valence electrons. The molecule has 0 saturated carbocycles. The molecule has 0 amide bonds. The van der Waals surface area contributed by atoms with Crippen LogP contribution in [-0.2, 0) is 10.2 Å². The lowest BCUT2D eigenvalue weighted by atomic mass is 10.1. The molecule has 1 aliphatic heterocycles. The van der Waals surface area contributed by atoms with Crippen LogP contribution >= 0.6 is 0 Å². The summed E-state index contributed by atoms with van der Waals surface area (Å²) < 4.78 is 30.4. The van der Waals surface area contributed by atoms with Crippen LogP contribution in [-0.4, -0.2) is 54.7 Å². The van der Waals surface area contributed by atoms with Crippen molar-refractivity contribution >= 4 is 10.2 Å². The normalized spacial score (nSPS) is 19.6. The Labute approximate surface area is 159 Å². The fraction of sp³-hybridized carbons (Fsp3) is 0.737. The largest absolute Gasteiger partial charge is 0.313 e. The maximum absolute atomic E-state index is 13.5. The van der Waals surface area contributed by atoms with Gasteiger partial charge < -0.3 is 5.32 Å². The van der Waals surface area contributed by atoms with E-state index in [2.05, 4.69) is 38.0 Å². The summed E-state index contributed by atoms with van der Waals surface area (Å²) in [7, 11) is -3.51. The van der Waals surface area contributed by atoms with E-state index >= 15 is 0 Å². The number of nitrogens with one attached hydrogen (secondary N) is 1. The van der Waals surface area contributed by atoms with Gasteiger partial charge >= 0.3 is 0 Å². The van der Waals surface area contributed by atoms with Gasteiger partial charge in [-0.25, -0.2) is 0 Å². The number of pyridine rings is 1. The molecule has 6 nitrogen and oxygen atoms in total. The first-order valence-corrected chi connectivity index (χ1v) is 11.1. The Bertz CT molecular complexity index is 622. The van der Waals surface area contributed by atoms with Crippen molar-refractivity contribution in [3.05, 3.63) is 30.1 Å². The molecule has 1 saturated heterocycles. The number of hydrogen-bond donors (Lipinski definition) is 1. The molecule has 0 spiro atoms. The topological polar surface area (TPSA) is 65.5 Å². The number of nitrogens with zero attached hydrogens (tertiary/aromatic N) is 3. The fourth-order valence-electron chi connectivity index (χ4n) is 3.11. The first-order valence-electron chi connectivity index (χ1n) is 9.70. The lowest BCUT2D eigenvalue weighted by Gasteiger charge is -2.38. The van der Waals surface area contributed by atoms with E-state index in [1.165, 1.54) is 0 Å². The van der Waals surface area contributed by atoms with Crippen molar-refractivity contribution in [1.82, 2.24) is 18.9 Å². The minimum atomic E-state index is -3.51. The number of rotatable bonds is 9. The molecule has 1 unspecified atom stereocenters. The third-order valence-electron chi connectivity index (χ3n) is 4.80. The van der Waals surface area contributed by atoms with Gasteiger partial charge in [-0.15, -0.1) is 0 Å². The van der Waals surface area contributed by atoms with Gasteiger partial charge in [0.2, 0.25) is 0 Å². The lowest BCUT2D eigenvalue weighted by molar-refractivity contribution is 0.240. The maximum atomic E-state index is 13.5. The summed E-state index contributed by atoms with van der Waals surface area (Å²) in [6.45, 7) is 11.5. The van der Waals surface area contributed by atoms with Gasteiger partial charge in [-0.3, -0.25) is 4.98 Å². The Balaban J connectivity index is 2.25. The molecular formula is C19H34N4O2S. The molecule has 2 heterocycles. The first kappa shape index (κ1) is 21.3. The summed E-state index contributed by atoms with van der Waals surface area (Å²) in [5.74, 6) is 0.952. The van der Waals surface area contributed by atoms with E-state index in [4.69, 9.17) is 0 Å². The van der Waals surface area contributed by atoms with E-state index in [0.29, 0.717) is 44.6 Å². The Kier molecular flexibility index (Phi) is 8.01. The van der Waals surface area contributed by atoms with E-state index in [-0.39, 0.29) is 6.04 Å². The Morgan fingerprint density at radius 3 is 2.42 bits per heavy atom. The van der Waals surface area contributed by atoms with Gasteiger partial charge in [0.25, 0.3) is 10.2 Å². The van der Waals surface area contributed by atoms with Crippen LogP contribution in [0, 0.1) is 11.8 Å². The molecule has 0 aliphatic carbocycles. The van der Waals surface area contributed by atoms with E-state index in [0.717, 1.165) is 18.4 Å². The Morgan fingerprint density at radius 1 is 1.23 bits per heavy atom. The molecule has 0 radical (unpaired) electrons. The second-order valence-corrected chi connectivity index (χ2v) is 9.77. The van der Waals surface area contributed by atoms with Crippen molar-refractivity contribution in [2.75, 3.05) is 32.7 Å². The summed E-state index contributed by atoms with van der Waals surface area (Å²) in [4.78, 5) is 4.18. The molecule has 1 aromatic rings. The maximum Gasteiger partial charge on any atom is 0.282 e. The van der Waals surface area contributed by atoms with Crippen LogP contribution < -0.4 is 5.32 Å². The molecule has 2 rings (SSSR count). The zero-order chi connectivity index (χ0) is 19.2. The fourth-order valence-corrected chi connectivity index (χ4v) is 4.92. The van der Waals surface area contributed by atoms with Gasteiger partial charge in [-0.1, -0.05) is 33.8 Å². The van der Waals surface area contributed by atoms with Gasteiger partial charge in [0.05, 0.1) is 6.04 Å². The molecule has 26 heavy (non-hydrogen) atoms. The highest BCUT2D eigenvalue weighted by atomic mass is 32.2. The first-order chi connectivity index (χ1) is 12.3. The highest BCUT2D eigenvalue weighted by molar-refractivity contribution is 7.86. The van der Waals surface area contributed by atoms with Crippen molar-refractivity contribution in [2.24, 2.45) is 11.8 Å². The van der Waals surface area contributed by atoms with Gasteiger partial charge in [0.15, 0.2) is 0 Å². The third-order valence-corrected chi connectivity index (χ3v) is 6.85. The van der Waals surface area contributed by atoms with Crippen molar-refractivity contribution < 1.29 is 8.42 Å². The SMILES string of the molecule is CC(C)CCN(CCC(C)C)S(=O)(=O)N1CCNCC1c1cccnc1. The van der Waals surface area contributed by atoms with E-state index in [1.807, 2.05) is 12.1 Å². The van der Waals surface area contributed by atoms with Crippen molar-refractivity contribution in [2.45, 2.75) is 46.6 Å². The lowest BCUT2D eigenvalue weighted by Crippen LogP contribution is -2.53. The Morgan fingerprint density at radius 2 is 1.88 bits per heavy atom. The Hall–Kier alpha value is -1.02. The van der Waals surface area contributed by atoms with Crippen LogP contribution in [0.2, 0.25) is 0 Å². The monoisotopic (exact) mass is 382 g/mol.